The zero-order valence-electron chi connectivity index (χ0n) is 14.2. The summed E-state index contributed by atoms with van der Waals surface area (Å²) in [5, 5.41) is 35.8. The van der Waals surface area contributed by atoms with Gasteiger partial charge in [0.1, 0.15) is 0 Å². The van der Waals surface area contributed by atoms with E-state index in [0.29, 0.717) is 17.7 Å². The number of imide groups is 1. The smallest absolute Gasteiger partial charge is 0.335 e. The van der Waals surface area contributed by atoms with Gasteiger partial charge in [-0.05, 0) is 31.5 Å². The molecular weight excluding hydrogens is 360 g/mol. The van der Waals surface area contributed by atoms with Gasteiger partial charge in [-0.25, -0.2) is 9.59 Å². The van der Waals surface area contributed by atoms with Crippen LogP contribution in [0.2, 0.25) is 0 Å². The fourth-order valence-electron chi connectivity index (χ4n) is 2.86. The molecule has 2 aliphatic rings. The van der Waals surface area contributed by atoms with E-state index in [4.69, 9.17) is 20.4 Å². The lowest BCUT2D eigenvalue weighted by Crippen LogP contribution is -2.48. The number of carboxylic acids is 2. The summed E-state index contributed by atoms with van der Waals surface area (Å²) < 4.78 is 0. The highest BCUT2D eigenvalue weighted by Gasteiger charge is 2.39. The molecule has 0 spiro atoms. The van der Waals surface area contributed by atoms with Crippen molar-refractivity contribution in [3.05, 3.63) is 35.4 Å². The molecule has 146 valence electrons. The molecule has 5 N–H and O–H groups in total. The second-order valence-electron chi connectivity index (χ2n) is 6.09. The van der Waals surface area contributed by atoms with Gasteiger partial charge in [0.05, 0.1) is 17.2 Å². The van der Waals surface area contributed by atoms with Crippen molar-refractivity contribution < 1.29 is 39.6 Å². The number of carboxylic acid groups (broad SMARTS) is 2. The number of nitrogens with one attached hydrogen (secondary N) is 1. The summed E-state index contributed by atoms with van der Waals surface area (Å²) in [7, 11) is 0. The number of nitrogens with zero attached hydrogens (tertiary/aromatic N) is 1. The standard InChI is InChI=1S/C13H14N2O2.C4H6O6/c16-12-10-5-1-2-6-11(10)13(17)15(12)9-4-3-7-14-8-9;5-1(3(7)8)2(6)4(9)10/h1-2,5-6,9,14H,3-4,7-8H2;1-2,5-6H,(H,7,8)(H,9,10)/t;1-,2?/m.0/s1. The van der Waals surface area contributed by atoms with Gasteiger partial charge in [-0.1, -0.05) is 12.1 Å². The monoisotopic (exact) mass is 380 g/mol. The van der Waals surface area contributed by atoms with Gasteiger partial charge in [0.2, 0.25) is 0 Å². The third kappa shape index (κ3) is 4.48. The number of fused-ring (bicyclic) bond motifs is 1. The average molecular weight is 380 g/mol. The molecule has 0 bridgehead atoms. The molecule has 10 nitrogen and oxygen atoms in total. The lowest BCUT2D eigenvalue weighted by Gasteiger charge is -2.29. The number of hydrogen-bond donors (Lipinski definition) is 5. The minimum Gasteiger partial charge on any atom is -0.479 e. The number of carbonyl (C=O) groups is 4. The molecule has 0 saturated carbocycles. The Kier molecular flexibility index (Phi) is 6.61. The van der Waals surface area contributed by atoms with E-state index in [1.54, 1.807) is 24.3 Å². The van der Waals surface area contributed by atoms with E-state index in [1.165, 1.54) is 4.90 Å². The first-order valence-corrected chi connectivity index (χ1v) is 8.25. The number of aliphatic carboxylic acids is 2. The Labute approximate surface area is 154 Å². The number of aliphatic hydroxyl groups excluding tert-OH is 2. The number of amides is 2. The van der Waals surface area contributed by atoms with Gasteiger partial charge in [-0.2, -0.15) is 0 Å². The third-order valence-electron chi connectivity index (χ3n) is 4.27. The molecule has 0 aliphatic carbocycles. The van der Waals surface area contributed by atoms with Crippen LogP contribution in [0.1, 0.15) is 33.6 Å². The third-order valence-corrected chi connectivity index (χ3v) is 4.27. The molecule has 2 amide bonds. The molecule has 2 unspecified atom stereocenters. The molecule has 2 heterocycles. The van der Waals surface area contributed by atoms with Gasteiger partial charge in [-0.15, -0.1) is 0 Å². The summed E-state index contributed by atoms with van der Waals surface area (Å²) in [6.45, 7) is 1.69. The van der Waals surface area contributed by atoms with Crippen LogP contribution in [-0.4, -0.2) is 80.4 Å². The highest BCUT2D eigenvalue weighted by atomic mass is 16.4. The zero-order valence-corrected chi connectivity index (χ0v) is 14.2. The van der Waals surface area contributed by atoms with Crippen molar-refractivity contribution in [1.29, 1.82) is 0 Å². The Bertz CT molecular complexity index is 691. The Morgan fingerprint density at radius 1 is 1.00 bits per heavy atom. The predicted molar refractivity (Wildman–Crippen MR) is 90.1 cm³/mol. The van der Waals surface area contributed by atoms with Crippen molar-refractivity contribution in [3.8, 4) is 0 Å². The van der Waals surface area contributed by atoms with E-state index >= 15 is 0 Å². The van der Waals surface area contributed by atoms with Gasteiger partial charge >= 0.3 is 11.9 Å². The SMILES string of the molecule is O=C(O)C(O)[C@H](O)C(=O)O.O=C1c2ccccc2C(=O)N1C1CCCNC1. The first-order valence-electron chi connectivity index (χ1n) is 8.25. The van der Waals surface area contributed by atoms with Gasteiger partial charge in [0.15, 0.2) is 12.2 Å². The first-order chi connectivity index (χ1) is 12.8. The van der Waals surface area contributed by atoms with Crippen molar-refractivity contribution in [1.82, 2.24) is 10.2 Å². The van der Waals surface area contributed by atoms with Crippen molar-refractivity contribution in [3.63, 3.8) is 0 Å². The van der Waals surface area contributed by atoms with Crippen LogP contribution in [0, 0.1) is 0 Å². The molecule has 1 fully saturated rings. The number of rotatable bonds is 4. The Morgan fingerprint density at radius 2 is 1.48 bits per heavy atom. The molecule has 10 heteroatoms. The highest BCUT2D eigenvalue weighted by Crippen LogP contribution is 2.26. The number of benzene rings is 1. The summed E-state index contributed by atoms with van der Waals surface area (Å²) in [6.07, 6.45) is -2.62. The molecular formula is C17H20N2O8. The van der Waals surface area contributed by atoms with Crippen molar-refractivity contribution >= 4 is 23.8 Å². The van der Waals surface area contributed by atoms with Crippen LogP contribution in [0.25, 0.3) is 0 Å². The molecule has 3 rings (SSSR count). The summed E-state index contributed by atoms with van der Waals surface area (Å²) in [6, 6.07) is 7.06. The Morgan fingerprint density at radius 3 is 1.85 bits per heavy atom. The lowest BCUT2D eigenvalue weighted by molar-refractivity contribution is -0.165. The van der Waals surface area contributed by atoms with E-state index < -0.39 is 24.1 Å². The maximum Gasteiger partial charge on any atom is 0.335 e. The second-order valence-corrected chi connectivity index (χ2v) is 6.09. The second kappa shape index (κ2) is 8.71. The van der Waals surface area contributed by atoms with Gasteiger partial charge < -0.3 is 25.7 Å². The molecule has 27 heavy (non-hydrogen) atoms. The normalized spacial score (nSPS) is 21.0. The van der Waals surface area contributed by atoms with Gasteiger partial charge in [0.25, 0.3) is 11.8 Å². The van der Waals surface area contributed by atoms with Gasteiger partial charge in [-0.3, -0.25) is 14.5 Å². The summed E-state index contributed by atoms with van der Waals surface area (Å²) in [4.78, 5) is 45.3. The van der Waals surface area contributed by atoms with E-state index in [1.807, 2.05) is 0 Å². The molecule has 0 radical (unpaired) electrons. The van der Waals surface area contributed by atoms with Crippen molar-refractivity contribution in [2.24, 2.45) is 0 Å². The molecule has 1 saturated heterocycles. The van der Waals surface area contributed by atoms with Gasteiger partial charge in [0, 0.05) is 6.54 Å². The topological polar surface area (TPSA) is 164 Å². The minimum absolute atomic E-state index is 0.0103. The van der Waals surface area contributed by atoms with Crippen LogP contribution in [0.15, 0.2) is 24.3 Å². The van der Waals surface area contributed by atoms with E-state index in [2.05, 4.69) is 5.32 Å². The largest absolute Gasteiger partial charge is 0.479 e. The minimum atomic E-state index is -2.27. The van der Waals surface area contributed by atoms with Crippen LogP contribution in [0.3, 0.4) is 0 Å². The number of aliphatic hydroxyl groups is 2. The number of carbonyl (C=O) groups excluding carboxylic acids is 2. The Hall–Kier alpha value is -2.82. The molecule has 0 aromatic heterocycles. The number of hydrogen-bond acceptors (Lipinski definition) is 7. The van der Waals surface area contributed by atoms with Crippen LogP contribution < -0.4 is 5.32 Å². The predicted octanol–water partition coefficient (Wildman–Crippen LogP) is -1.09. The van der Waals surface area contributed by atoms with Crippen LogP contribution in [0.4, 0.5) is 0 Å². The first kappa shape index (κ1) is 20.5. The summed E-state index contributed by atoms with van der Waals surface area (Å²) in [5.41, 5.74) is 1.09. The molecule has 2 aliphatic heterocycles. The van der Waals surface area contributed by atoms with Crippen LogP contribution >= 0.6 is 0 Å². The summed E-state index contributed by atoms with van der Waals surface area (Å²) in [5.74, 6) is -3.82. The van der Waals surface area contributed by atoms with E-state index in [9.17, 15) is 19.2 Å². The lowest BCUT2D eigenvalue weighted by atomic mass is 10.1. The molecule has 1 aromatic rings. The van der Waals surface area contributed by atoms with Crippen LogP contribution in [-0.2, 0) is 9.59 Å². The quantitative estimate of drug-likeness (QED) is 0.408. The molecule has 3 atom stereocenters. The summed E-state index contributed by atoms with van der Waals surface area (Å²) >= 11 is 0. The van der Waals surface area contributed by atoms with E-state index in [0.717, 1.165) is 19.4 Å². The van der Waals surface area contributed by atoms with E-state index in [-0.39, 0.29) is 17.9 Å². The molecule has 1 aromatic carbocycles. The average Bonchev–Trinajstić information content (AvgIpc) is 2.92. The zero-order chi connectivity index (χ0) is 20.1. The van der Waals surface area contributed by atoms with Crippen molar-refractivity contribution in [2.75, 3.05) is 13.1 Å². The maximum atomic E-state index is 12.2. The fourth-order valence-corrected chi connectivity index (χ4v) is 2.86. The highest BCUT2D eigenvalue weighted by molar-refractivity contribution is 6.21. The Balaban J connectivity index is 0.000000227. The fraction of sp³-hybridized carbons (Fsp3) is 0.412. The van der Waals surface area contributed by atoms with Crippen molar-refractivity contribution in [2.45, 2.75) is 31.1 Å². The van der Waals surface area contributed by atoms with Crippen LogP contribution in [0.5, 0.6) is 0 Å². The maximum absolute atomic E-state index is 12.2. The number of piperidine rings is 1.